The average molecular weight is 249 g/mol. The van der Waals surface area contributed by atoms with Crippen LogP contribution in [0, 0.1) is 5.92 Å². The number of aliphatic hydroxyl groups excluding tert-OH is 1. The van der Waals surface area contributed by atoms with Gasteiger partial charge in [-0.2, -0.15) is 0 Å². The number of hydrogen-bond donors (Lipinski definition) is 2. The van der Waals surface area contributed by atoms with Crippen molar-refractivity contribution in [3.63, 3.8) is 0 Å². The summed E-state index contributed by atoms with van der Waals surface area (Å²) in [6.07, 6.45) is 1.93. The fraction of sp³-hybridized carbons (Fsp3) is 0.600. The third-order valence-corrected chi connectivity index (χ3v) is 3.42. The number of rotatable bonds is 4. The van der Waals surface area contributed by atoms with Crippen LogP contribution in [-0.2, 0) is 0 Å². The minimum Gasteiger partial charge on any atom is -0.491 e. The Kier molecular flexibility index (Phi) is 4.61. The van der Waals surface area contributed by atoms with Gasteiger partial charge in [0.05, 0.1) is 12.2 Å². The van der Waals surface area contributed by atoms with Crippen LogP contribution in [0.25, 0.3) is 0 Å². The monoisotopic (exact) mass is 249 g/mol. The zero-order valence-electron chi connectivity index (χ0n) is 11.2. The van der Waals surface area contributed by atoms with Gasteiger partial charge in [-0.15, -0.1) is 0 Å². The number of hydrogen-bond acceptors (Lipinski definition) is 3. The summed E-state index contributed by atoms with van der Waals surface area (Å²) >= 11 is 0. The van der Waals surface area contributed by atoms with Gasteiger partial charge in [0.2, 0.25) is 0 Å². The normalized spacial score (nSPS) is 18.9. The van der Waals surface area contributed by atoms with Gasteiger partial charge >= 0.3 is 0 Å². The highest BCUT2D eigenvalue weighted by Gasteiger charge is 2.22. The van der Waals surface area contributed by atoms with E-state index in [-0.39, 0.29) is 12.2 Å². The highest BCUT2D eigenvalue weighted by atomic mass is 16.5. The molecule has 18 heavy (non-hydrogen) atoms. The molecule has 0 bridgehead atoms. The van der Waals surface area contributed by atoms with E-state index in [1.807, 2.05) is 38.1 Å². The molecule has 0 amide bonds. The molecule has 1 saturated heterocycles. The second kappa shape index (κ2) is 6.21. The second-order valence-corrected chi connectivity index (χ2v) is 5.27. The molecule has 1 unspecified atom stereocenters. The van der Waals surface area contributed by atoms with Gasteiger partial charge in [0.1, 0.15) is 5.75 Å². The lowest BCUT2D eigenvalue weighted by molar-refractivity contribution is 0.0888. The molecule has 0 saturated carbocycles. The molecule has 1 aliphatic heterocycles. The topological polar surface area (TPSA) is 41.5 Å². The molecular formula is C15H23NO2. The van der Waals surface area contributed by atoms with E-state index in [9.17, 15) is 5.11 Å². The molecule has 3 nitrogen and oxygen atoms in total. The number of nitrogens with one attached hydrogen (secondary N) is 1. The summed E-state index contributed by atoms with van der Waals surface area (Å²) in [7, 11) is 0. The quantitative estimate of drug-likeness (QED) is 0.861. The lowest BCUT2D eigenvalue weighted by atomic mass is 9.88. The first-order valence-electron chi connectivity index (χ1n) is 6.82. The highest BCUT2D eigenvalue weighted by Crippen LogP contribution is 2.29. The first-order valence-corrected chi connectivity index (χ1v) is 6.82. The number of piperidine rings is 1. The van der Waals surface area contributed by atoms with Crippen molar-refractivity contribution in [1.29, 1.82) is 0 Å². The van der Waals surface area contributed by atoms with Gasteiger partial charge in [0.25, 0.3) is 0 Å². The van der Waals surface area contributed by atoms with Crippen LogP contribution < -0.4 is 10.1 Å². The molecule has 0 aromatic heterocycles. The van der Waals surface area contributed by atoms with Crippen molar-refractivity contribution in [3.05, 3.63) is 29.8 Å². The number of benzene rings is 1. The van der Waals surface area contributed by atoms with Gasteiger partial charge in [-0.25, -0.2) is 0 Å². The van der Waals surface area contributed by atoms with Crippen LogP contribution >= 0.6 is 0 Å². The lowest BCUT2D eigenvalue weighted by Crippen LogP contribution is -2.30. The molecule has 0 aliphatic carbocycles. The third-order valence-electron chi connectivity index (χ3n) is 3.42. The Morgan fingerprint density at radius 2 is 1.78 bits per heavy atom. The Morgan fingerprint density at radius 1 is 1.17 bits per heavy atom. The summed E-state index contributed by atoms with van der Waals surface area (Å²) in [5.74, 6) is 1.24. The highest BCUT2D eigenvalue weighted by molar-refractivity contribution is 5.29. The molecular weight excluding hydrogens is 226 g/mol. The van der Waals surface area contributed by atoms with Crippen LogP contribution in [0.3, 0.4) is 0 Å². The summed E-state index contributed by atoms with van der Waals surface area (Å²) < 4.78 is 5.60. The van der Waals surface area contributed by atoms with Gasteiger partial charge < -0.3 is 15.2 Å². The minimum absolute atomic E-state index is 0.185. The molecule has 2 N–H and O–H groups in total. The van der Waals surface area contributed by atoms with E-state index in [2.05, 4.69) is 5.32 Å². The van der Waals surface area contributed by atoms with E-state index >= 15 is 0 Å². The Morgan fingerprint density at radius 3 is 2.33 bits per heavy atom. The smallest absolute Gasteiger partial charge is 0.119 e. The molecule has 100 valence electrons. The lowest BCUT2D eigenvalue weighted by Gasteiger charge is -2.27. The van der Waals surface area contributed by atoms with E-state index in [0.29, 0.717) is 5.92 Å². The molecule has 1 aromatic carbocycles. The first-order chi connectivity index (χ1) is 8.66. The van der Waals surface area contributed by atoms with Crippen LogP contribution in [0.4, 0.5) is 0 Å². The van der Waals surface area contributed by atoms with Crippen molar-refractivity contribution in [2.75, 3.05) is 13.1 Å². The zero-order chi connectivity index (χ0) is 13.0. The van der Waals surface area contributed by atoms with E-state index in [1.165, 1.54) is 0 Å². The molecule has 3 heteroatoms. The predicted octanol–water partition coefficient (Wildman–Crippen LogP) is 2.51. The standard InChI is InChI=1S/C15H23NO2/c1-11(2)18-14-5-3-12(4-6-14)15(17)13-7-9-16-10-8-13/h3-6,11,13,15-17H,7-10H2,1-2H3. The molecule has 0 radical (unpaired) electrons. The van der Waals surface area contributed by atoms with Gasteiger partial charge in [-0.05, 0) is 63.4 Å². The molecule has 1 aromatic rings. The predicted molar refractivity (Wildman–Crippen MR) is 72.8 cm³/mol. The van der Waals surface area contributed by atoms with Gasteiger partial charge in [-0.3, -0.25) is 0 Å². The van der Waals surface area contributed by atoms with Crippen molar-refractivity contribution in [3.8, 4) is 5.75 Å². The number of aliphatic hydroxyl groups is 1. The Labute approximate surface area is 109 Å². The summed E-state index contributed by atoms with van der Waals surface area (Å²) in [5, 5.41) is 13.7. The van der Waals surface area contributed by atoms with Gasteiger partial charge in [-0.1, -0.05) is 12.1 Å². The molecule has 0 spiro atoms. The zero-order valence-corrected chi connectivity index (χ0v) is 11.2. The minimum atomic E-state index is -0.347. The maximum Gasteiger partial charge on any atom is 0.119 e. The SMILES string of the molecule is CC(C)Oc1ccc(C(O)C2CCNCC2)cc1. The van der Waals surface area contributed by atoms with Crippen LogP contribution in [-0.4, -0.2) is 24.3 Å². The van der Waals surface area contributed by atoms with E-state index in [1.54, 1.807) is 0 Å². The Balaban J connectivity index is 1.99. The van der Waals surface area contributed by atoms with Crippen LogP contribution in [0.1, 0.15) is 38.4 Å². The molecule has 1 fully saturated rings. The van der Waals surface area contributed by atoms with Crippen molar-refractivity contribution < 1.29 is 9.84 Å². The maximum absolute atomic E-state index is 10.3. The Hall–Kier alpha value is -1.06. The van der Waals surface area contributed by atoms with Gasteiger partial charge in [0, 0.05) is 0 Å². The molecule has 1 aliphatic rings. The average Bonchev–Trinajstić information content (AvgIpc) is 2.39. The summed E-state index contributed by atoms with van der Waals surface area (Å²) in [6.45, 7) is 6.04. The van der Waals surface area contributed by atoms with Crippen molar-refractivity contribution in [1.82, 2.24) is 5.32 Å². The van der Waals surface area contributed by atoms with E-state index in [0.717, 1.165) is 37.2 Å². The number of ether oxygens (including phenoxy) is 1. The first kappa shape index (κ1) is 13.4. The van der Waals surface area contributed by atoms with Crippen LogP contribution in [0.2, 0.25) is 0 Å². The fourth-order valence-electron chi connectivity index (χ4n) is 2.45. The molecule has 1 heterocycles. The summed E-state index contributed by atoms with van der Waals surface area (Å²) in [5.41, 5.74) is 0.998. The summed E-state index contributed by atoms with van der Waals surface area (Å²) in [4.78, 5) is 0. The second-order valence-electron chi connectivity index (χ2n) is 5.27. The summed E-state index contributed by atoms with van der Waals surface area (Å²) in [6, 6.07) is 7.84. The third kappa shape index (κ3) is 3.47. The van der Waals surface area contributed by atoms with Crippen LogP contribution in [0.15, 0.2) is 24.3 Å². The van der Waals surface area contributed by atoms with E-state index in [4.69, 9.17) is 4.74 Å². The molecule has 1 atom stereocenters. The molecule has 2 rings (SSSR count). The van der Waals surface area contributed by atoms with E-state index < -0.39 is 0 Å². The van der Waals surface area contributed by atoms with Crippen molar-refractivity contribution >= 4 is 0 Å². The van der Waals surface area contributed by atoms with Crippen molar-refractivity contribution in [2.24, 2.45) is 5.92 Å². The van der Waals surface area contributed by atoms with Crippen LogP contribution in [0.5, 0.6) is 5.75 Å². The fourth-order valence-corrected chi connectivity index (χ4v) is 2.45. The van der Waals surface area contributed by atoms with Gasteiger partial charge in [0.15, 0.2) is 0 Å². The maximum atomic E-state index is 10.3. The largest absolute Gasteiger partial charge is 0.491 e. The van der Waals surface area contributed by atoms with Crippen molar-refractivity contribution in [2.45, 2.75) is 38.9 Å². The Bertz CT molecular complexity index is 355.